The van der Waals surface area contributed by atoms with Crippen LogP contribution in [-0.4, -0.2) is 40.2 Å². The highest BCUT2D eigenvalue weighted by Crippen LogP contribution is 2.38. The third-order valence-electron chi connectivity index (χ3n) is 3.88. The zero-order valence-electron chi connectivity index (χ0n) is 15.3. The molecule has 2 aromatic rings. The Bertz CT molecular complexity index is 994. The van der Waals surface area contributed by atoms with Crippen LogP contribution in [0, 0.1) is 0 Å². The molecule has 0 unspecified atom stereocenters. The molecule has 0 atom stereocenters. The molecule has 2 N–H and O–H groups in total. The van der Waals surface area contributed by atoms with Gasteiger partial charge in [0.25, 0.3) is 11.1 Å². The highest BCUT2D eigenvalue weighted by molar-refractivity contribution is 8.18. The van der Waals surface area contributed by atoms with Crippen LogP contribution >= 0.6 is 23.4 Å². The molecule has 2 aromatic carbocycles. The summed E-state index contributed by atoms with van der Waals surface area (Å²) in [6.45, 7) is 1.68. The van der Waals surface area contributed by atoms with Gasteiger partial charge in [-0.2, -0.15) is 0 Å². The minimum absolute atomic E-state index is 0.0590. The number of amides is 3. The number of anilines is 1. The number of thioether (sulfide) groups is 1. The van der Waals surface area contributed by atoms with Gasteiger partial charge in [0, 0.05) is 5.69 Å². The number of halogens is 1. The van der Waals surface area contributed by atoms with Gasteiger partial charge in [-0.3, -0.25) is 19.3 Å². The van der Waals surface area contributed by atoms with Crippen LogP contribution in [0.4, 0.5) is 10.5 Å². The standard InChI is InChI=1S/C20H17ClN2O5S/c1-2-28-15-9-12(8-14(21)18(15)25)10-16-19(26)23(20(27)29-16)11-17(24)22-13-6-4-3-5-7-13/h3-10,25H,2,11H2,1H3,(H,22,24). The quantitative estimate of drug-likeness (QED) is 0.666. The summed E-state index contributed by atoms with van der Waals surface area (Å²) in [5, 5.41) is 12.1. The number of aromatic hydroxyl groups is 1. The second-order valence-corrected chi connectivity index (χ2v) is 7.36. The summed E-state index contributed by atoms with van der Waals surface area (Å²) in [5.41, 5.74) is 1.05. The number of benzene rings is 2. The van der Waals surface area contributed by atoms with Crippen molar-refractivity contribution in [3.05, 3.63) is 58.0 Å². The van der Waals surface area contributed by atoms with E-state index in [1.165, 1.54) is 18.2 Å². The molecule has 1 fully saturated rings. The molecule has 1 saturated heterocycles. The molecule has 150 valence electrons. The molecule has 0 bridgehead atoms. The van der Waals surface area contributed by atoms with E-state index >= 15 is 0 Å². The molecule has 29 heavy (non-hydrogen) atoms. The van der Waals surface area contributed by atoms with Crippen LogP contribution in [0.2, 0.25) is 5.02 Å². The highest BCUT2D eigenvalue weighted by atomic mass is 35.5. The van der Waals surface area contributed by atoms with Gasteiger partial charge in [0.1, 0.15) is 6.54 Å². The minimum atomic E-state index is -0.578. The van der Waals surface area contributed by atoms with Crippen LogP contribution in [0.15, 0.2) is 47.4 Å². The Morgan fingerprint density at radius 3 is 2.69 bits per heavy atom. The molecule has 0 radical (unpaired) electrons. The molecule has 0 aliphatic carbocycles. The van der Waals surface area contributed by atoms with Crippen molar-refractivity contribution in [3.8, 4) is 11.5 Å². The fraction of sp³-hybridized carbons (Fsp3) is 0.150. The smallest absolute Gasteiger partial charge is 0.294 e. The third kappa shape index (κ3) is 4.90. The number of nitrogens with zero attached hydrogens (tertiary/aromatic N) is 1. The van der Waals surface area contributed by atoms with Crippen molar-refractivity contribution >= 4 is 52.2 Å². The Morgan fingerprint density at radius 2 is 2.00 bits per heavy atom. The predicted octanol–water partition coefficient (Wildman–Crippen LogP) is 4.12. The molecule has 7 nitrogen and oxygen atoms in total. The van der Waals surface area contributed by atoms with Gasteiger partial charge in [-0.1, -0.05) is 29.8 Å². The maximum Gasteiger partial charge on any atom is 0.294 e. The van der Waals surface area contributed by atoms with Gasteiger partial charge in [-0.25, -0.2) is 0 Å². The molecule has 0 aromatic heterocycles. The largest absolute Gasteiger partial charge is 0.503 e. The lowest BCUT2D eigenvalue weighted by Gasteiger charge is -2.12. The average Bonchev–Trinajstić information content (AvgIpc) is 2.94. The Labute approximate surface area is 176 Å². The lowest BCUT2D eigenvalue weighted by Crippen LogP contribution is -2.36. The first-order chi connectivity index (χ1) is 13.9. The maximum atomic E-state index is 12.6. The summed E-state index contributed by atoms with van der Waals surface area (Å²) in [7, 11) is 0. The normalized spacial score (nSPS) is 15.1. The number of hydrogen-bond acceptors (Lipinski definition) is 6. The van der Waals surface area contributed by atoms with Crippen molar-refractivity contribution in [1.29, 1.82) is 0 Å². The van der Waals surface area contributed by atoms with E-state index in [0.717, 1.165) is 16.7 Å². The lowest BCUT2D eigenvalue weighted by molar-refractivity contribution is -0.127. The Kier molecular flexibility index (Phi) is 6.46. The molecule has 0 saturated carbocycles. The first-order valence-electron chi connectivity index (χ1n) is 8.64. The summed E-state index contributed by atoms with van der Waals surface area (Å²) >= 11 is 6.72. The van der Waals surface area contributed by atoms with Crippen molar-refractivity contribution in [2.45, 2.75) is 6.92 Å². The summed E-state index contributed by atoms with van der Waals surface area (Å²) in [6.07, 6.45) is 1.47. The van der Waals surface area contributed by atoms with Crippen LogP contribution in [0.25, 0.3) is 6.08 Å². The van der Waals surface area contributed by atoms with Gasteiger partial charge in [-0.05, 0) is 54.6 Å². The number of hydrogen-bond donors (Lipinski definition) is 2. The van der Waals surface area contributed by atoms with Crippen molar-refractivity contribution in [3.63, 3.8) is 0 Å². The molecular weight excluding hydrogens is 416 g/mol. The second-order valence-electron chi connectivity index (χ2n) is 5.96. The summed E-state index contributed by atoms with van der Waals surface area (Å²) in [4.78, 5) is 38.0. The number of carbonyl (C=O) groups excluding carboxylic acids is 3. The number of rotatable bonds is 6. The molecule has 1 aliphatic heterocycles. The molecule has 9 heteroatoms. The predicted molar refractivity (Wildman–Crippen MR) is 112 cm³/mol. The molecule has 0 spiro atoms. The van der Waals surface area contributed by atoms with Crippen LogP contribution < -0.4 is 10.1 Å². The van der Waals surface area contributed by atoms with E-state index in [4.69, 9.17) is 16.3 Å². The van der Waals surface area contributed by atoms with Crippen LogP contribution in [-0.2, 0) is 9.59 Å². The number of phenolic OH excluding ortho intramolecular Hbond substituents is 1. The van der Waals surface area contributed by atoms with E-state index in [2.05, 4.69) is 5.32 Å². The first-order valence-corrected chi connectivity index (χ1v) is 9.84. The number of imide groups is 1. The fourth-order valence-electron chi connectivity index (χ4n) is 2.60. The van der Waals surface area contributed by atoms with E-state index in [0.29, 0.717) is 17.9 Å². The summed E-state index contributed by atoms with van der Waals surface area (Å²) in [5.74, 6) is -1.08. The molecule has 3 amide bonds. The SMILES string of the molecule is CCOc1cc(C=C2SC(=O)N(CC(=O)Nc3ccccc3)C2=O)cc(Cl)c1O. The minimum Gasteiger partial charge on any atom is -0.503 e. The van der Waals surface area contributed by atoms with Crippen LogP contribution in [0.3, 0.4) is 0 Å². The van der Waals surface area contributed by atoms with E-state index in [1.54, 1.807) is 31.2 Å². The third-order valence-corrected chi connectivity index (χ3v) is 5.08. The number of ether oxygens (including phenoxy) is 1. The Morgan fingerprint density at radius 1 is 1.28 bits per heavy atom. The van der Waals surface area contributed by atoms with Crippen molar-refractivity contribution in [1.82, 2.24) is 4.90 Å². The Hall–Kier alpha value is -2.97. The fourth-order valence-corrected chi connectivity index (χ4v) is 3.65. The van der Waals surface area contributed by atoms with Gasteiger partial charge < -0.3 is 15.2 Å². The highest BCUT2D eigenvalue weighted by Gasteiger charge is 2.36. The van der Waals surface area contributed by atoms with Crippen LogP contribution in [0.5, 0.6) is 11.5 Å². The van der Waals surface area contributed by atoms with Gasteiger partial charge in [0.05, 0.1) is 16.5 Å². The van der Waals surface area contributed by atoms with E-state index in [9.17, 15) is 19.5 Å². The first kappa shape index (κ1) is 20.8. The van der Waals surface area contributed by atoms with Crippen molar-refractivity contribution < 1.29 is 24.2 Å². The Balaban J connectivity index is 1.75. The van der Waals surface area contributed by atoms with Crippen molar-refractivity contribution in [2.75, 3.05) is 18.5 Å². The van der Waals surface area contributed by atoms with E-state index < -0.39 is 23.6 Å². The number of para-hydroxylation sites is 1. The van der Waals surface area contributed by atoms with Gasteiger partial charge in [0.2, 0.25) is 5.91 Å². The van der Waals surface area contributed by atoms with E-state index in [-0.39, 0.29) is 21.4 Å². The molecule has 1 aliphatic rings. The van der Waals surface area contributed by atoms with Gasteiger partial charge in [0.15, 0.2) is 11.5 Å². The van der Waals surface area contributed by atoms with Gasteiger partial charge >= 0.3 is 0 Å². The summed E-state index contributed by atoms with van der Waals surface area (Å²) in [6, 6.07) is 11.7. The number of phenols is 1. The van der Waals surface area contributed by atoms with Gasteiger partial charge in [-0.15, -0.1) is 0 Å². The number of nitrogens with one attached hydrogen (secondary N) is 1. The zero-order valence-corrected chi connectivity index (χ0v) is 16.9. The van der Waals surface area contributed by atoms with Crippen LogP contribution in [0.1, 0.15) is 12.5 Å². The van der Waals surface area contributed by atoms with Crippen molar-refractivity contribution in [2.24, 2.45) is 0 Å². The van der Waals surface area contributed by atoms with E-state index in [1.807, 2.05) is 6.07 Å². The average molecular weight is 433 g/mol. The zero-order chi connectivity index (χ0) is 21.0. The monoisotopic (exact) mass is 432 g/mol. The summed E-state index contributed by atoms with van der Waals surface area (Å²) < 4.78 is 5.32. The number of carbonyl (C=O) groups is 3. The molecular formula is C20H17ClN2O5S. The second kappa shape index (κ2) is 9.02. The topological polar surface area (TPSA) is 95.9 Å². The molecule has 3 rings (SSSR count). The molecule has 1 heterocycles. The maximum absolute atomic E-state index is 12.6. The lowest BCUT2D eigenvalue weighted by atomic mass is 10.2.